The molecule has 0 aromatic heterocycles. The zero-order valence-electron chi connectivity index (χ0n) is 14.6. The van der Waals surface area contributed by atoms with E-state index in [1.54, 1.807) is 32.9 Å². The number of nitrogens with zero attached hydrogens (tertiary/aromatic N) is 1. The molecular weight excluding hydrogens is 308 g/mol. The SMILES string of the molecule is CCC[C@H](NC(=O)OC(C)(C)C)C(=O)N1Cc2ccccc2C1=O. The number of hydrogen-bond donors (Lipinski definition) is 1. The number of rotatable bonds is 4. The molecular formula is C18H24N2O4. The lowest BCUT2D eigenvalue weighted by atomic mass is 10.1. The fraction of sp³-hybridized carbons (Fsp3) is 0.500. The Morgan fingerprint density at radius 1 is 1.29 bits per heavy atom. The van der Waals surface area contributed by atoms with Gasteiger partial charge in [0.1, 0.15) is 11.6 Å². The predicted molar refractivity (Wildman–Crippen MR) is 89.4 cm³/mol. The molecule has 1 heterocycles. The summed E-state index contributed by atoms with van der Waals surface area (Å²) in [6.07, 6.45) is 0.484. The van der Waals surface area contributed by atoms with Crippen molar-refractivity contribution in [3.05, 3.63) is 35.4 Å². The standard InChI is InChI=1S/C18H24N2O4/c1-5-8-14(19-17(23)24-18(2,3)4)16(22)20-11-12-9-6-7-10-13(12)15(20)21/h6-7,9-10,14H,5,8,11H2,1-4H3,(H,19,23)/t14-/m0/s1. The molecule has 0 spiro atoms. The van der Waals surface area contributed by atoms with Gasteiger partial charge >= 0.3 is 6.09 Å². The van der Waals surface area contributed by atoms with Gasteiger partial charge in [0.15, 0.2) is 0 Å². The average Bonchev–Trinajstić information content (AvgIpc) is 2.82. The molecule has 6 nitrogen and oxygen atoms in total. The van der Waals surface area contributed by atoms with Crippen LogP contribution in [0.4, 0.5) is 4.79 Å². The highest BCUT2D eigenvalue weighted by Gasteiger charge is 2.36. The van der Waals surface area contributed by atoms with Gasteiger partial charge in [-0.2, -0.15) is 0 Å². The van der Waals surface area contributed by atoms with Crippen molar-refractivity contribution in [3.63, 3.8) is 0 Å². The van der Waals surface area contributed by atoms with E-state index in [0.717, 1.165) is 5.56 Å². The van der Waals surface area contributed by atoms with Crippen LogP contribution in [0, 0.1) is 0 Å². The van der Waals surface area contributed by atoms with E-state index in [2.05, 4.69) is 5.32 Å². The lowest BCUT2D eigenvalue weighted by molar-refractivity contribution is -0.131. The van der Waals surface area contributed by atoms with E-state index < -0.39 is 23.6 Å². The van der Waals surface area contributed by atoms with Crippen molar-refractivity contribution < 1.29 is 19.1 Å². The second kappa shape index (κ2) is 7.03. The van der Waals surface area contributed by atoms with Gasteiger partial charge in [0.05, 0.1) is 6.54 Å². The Hall–Kier alpha value is -2.37. The van der Waals surface area contributed by atoms with Gasteiger partial charge in [-0.15, -0.1) is 0 Å². The summed E-state index contributed by atoms with van der Waals surface area (Å²) in [5.41, 5.74) is 0.714. The number of amides is 3. The summed E-state index contributed by atoms with van der Waals surface area (Å²) in [7, 11) is 0. The summed E-state index contributed by atoms with van der Waals surface area (Å²) >= 11 is 0. The van der Waals surface area contributed by atoms with E-state index in [1.807, 2.05) is 19.1 Å². The third-order valence-corrected chi connectivity index (χ3v) is 3.65. The van der Waals surface area contributed by atoms with Gasteiger partial charge in [0, 0.05) is 5.56 Å². The maximum Gasteiger partial charge on any atom is 0.408 e. The average molecular weight is 332 g/mol. The Bertz CT molecular complexity index is 649. The van der Waals surface area contributed by atoms with Crippen LogP contribution in [0.3, 0.4) is 0 Å². The Labute approximate surface area is 142 Å². The van der Waals surface area contributed by atoms with Gasteiger partial charge in [0.2, 0.25) is 0 Å². The van der Waals surface area contributed by atoms with Crippen LogP contribution < -0.4 is 5.32 Å². The van der Waals surface area contributed by atoms with Gasteiger partial charge in [0.25, 0.3) is 11.8 Å². The van der Waals surface area contributed by atoms with Crippen molar-refractivity contribution in [2.45, 2.75) is 58.7 Å². The van der Waals surface area contributed by atoms with Crippen LogP contribution in [0.25, 0.3) is 0 Å². The smallest absolute Gasteiger partial charge is 0.408 e. The molecule has 1 aromatic rings. The third kappa shape index (κ3) is 4.13. The van der Waals surface area contributed by atoms with Gasteiger partial charge < -0.3 is 10.1 Å². The number of carbonyl (C=O) groups excluding carboxylic acids is 3. The number of nitrogens with one attached hydrogen (secondary N) is 1. The molecule has 0 saturated heterocycles. The van der Waals surface area contributed by atoms with E-state index in [1.165, 1.54) is 4.90 Å². The molecule has 1 aliphatic rings. The molecule has 0 unspecified atom stereocenters. The maximum atomic E-state index is 12.8. The summed E-state index contributed by atoms with van der Waals surface area (Å²) in [6.45, 7) is 7.42. The number of benzene rings is 1. The Morgan fingerprint density at radius 2 is 1.96 bits per heavy atom. The first-order chi connectivity index (χ1) is 11.2. The monoisotopic (exact) mass is 332 g/mol. The zero-order valence-corrected chi connectivity index (χ0v) is 14.6. The molecule has 0 bridgehead atoms. The first-order valence-corrected chi connectivity index (χ1v) is 8.16. The number of hydrogen-bond acceptors (Lipinski definition) is 4. The van der Waals surface area contributed by atoms with Crippen LogP contribution in [-0.4, -0.2) is 34.5 Å². The molecule has 1 aliphatic heterocycles. The van der Waals surface area contributed by atoms with Crippen molar-refractivity contribution in [1.29, 1.82) is 0 Å². The van der Waals surface area contributed by atoms with Crippen LogP contribution in [0.2, 0.25) is 0 Å². The van der Waals surface area contributed by atoms with Crippen molar-refractivity contribution in [1.82, 2.24) is 10.2 Å². The first-order valence-electron chi connectivity index (χ1n) is 8.16. The summed E-state index contributed by atoms with van der Waals surface area (Å²) in [5, 5.41) is 2.59. The van der Waals surface area contributed by atoms with Crippen molar-refractivity contribution in [2.24, 2.45) is 0 Å². The molecule has 1 N–H and O–H groups in total. The van der Waals surface area contributed by atoms with Crippen LogP contribution >= 0.6 is 0 Å². The molecule has 1 atom stereocenters. The highest BCUT2D eigenvalue weighted by molar-refractivity contribution is 6.09. The molecule has 24 heavy (non-hydrogen) atoms. The number of imide groups is 1. The van der Waals surface area contributed by atoms with E-state index in [4.69, 9.17) is 4.74 Å². The minimum absolute atomic E-state index is 0.240. The summed E-state index contributed by atoms with van der Waals surface area (Å²) in [6, 6.07) is 6.37. The van der Waals surface area contributed by atoms with Crippen molar-refractivity contribution >= 4 is 17.9 Å². The van der Waals surface area contributed by atoms with Crippen LogP contribution in [0.1, 0.15) is 56.5 Å². The fourth-order valence-corrected chi connectivity index (χ4v) is 2.62. The van der Waals surface area contributed by atoms with E-state index in [-0.39, 0.29) is 12.5 Å². The fourth-order valence-electron chi connectivity index (χ4n) is 2.62. The number of fused-ring (bicyclic) bond motifs is 1. The van der Waals surface area contributed by atoms with E-state index >= 15 is 0 Å². The summed E-state index contributed by atoms with van der Waals surface area (Å²) in [4.78, 5) is 38.3. The molecule has 0 saturated carbocycles. The summed E-state index contributed by atoms with van der Waals surface area (Å²) in [5.74, 6) is -0.716. The summed E-state index contributed by atoms with van der Waals surface area (Å²) < 4.78 is 5.21. The zero-order chi connectivity index (χ0) is 17.9. The normalized spacial score (nSPS) is 15.0. The molecule has 3 amide bonds. The maximum absolute atomic E-state index is 12.8. The van der Waals surface area contributed by atoms with Crippen molar-refractivity contribution in [3.8, 4) is 0 Å². The first kappa shape index (κ1) is 18.0. The second-order valence-electron chi connectivity index (χ2n) is 6.87. The van der Waals surface area contributed by atoms with Crippen molar-refractivity contribution in [2.75, 3.05) is 0 Å². The van der Waals surface area contributed by atoms with E-state index in [9.17, 15) is 14.4 Å². The Kier molecular flexibility index (Phi) is 5.26. The minimum Gasteiger partial charge on any atom is -0.444 e. The molecule has 1 aromatic carbocycles. The Morgan fingerprint density at radius 3 is 2.54 bits per heavy atom. The molecule has 0 fully saturated rings. The molecule has 2 rings (SSSR count). The number of ether oxygens (including phenoxy) is 1. The topological polar surface area (TPSA) is 75.7 Å². The Balaban J connectivity index is 2.10. The largest absolute Gasteiger partial charge is 0.444 e. The number of carbonyl (C=O) groups is 3. The van der Waals surface area contributed by atoms with Gasteiger partial charge in [-0.3, -0.25) is 14.5 Å². The molecule has 6 heteroatoms. The van der Waals surface area contributed by atoms with Gasteiger partial charge in [-0.1, -0.05) is 31.5 Å². The van der Waals surface area contributed by atoms with Crippen LogP contribution in [-0.2, 0) is 16.1 Å². The number of alkyl carbamates (subject to hydrolysis) is 1. The highest BCUT2D eigenvalue weighted by Crippen LogP contribution is 2.23. The highest BCUT2D eigenvalue weighted by atomic mass is 16.6. The van der Waals surface area contributed by atoms with Gasteiger partial charge in [-0.05, 0) is 38.8 Å². The second-order valence-corrected chi connectivity index (χ2v) is 6.87. The lowest BCUT2D eigenvalue weighted by Crippen LogP contribution is -2.49. The third-order valence-electron chi connectivity index (χ3n) is 3.65. The molecule has 0 radical (unpaired) electrons. The van der Waals surface area contributed by atoms with E-state index in [0.29, 0.717) is 18.4 Å². The molecule has 130 valence electrons. The molecule has 0 aliphatic carbocycles. The minimum atomic E-state index is -0.775. The quantitative estimate of drug-likeness (QED) is 0.920. The predicted octanol–water partition coefficient (Wildman–Crippen LogP) is 2.86. The van der Waals surface area contributed by atoms with Crippen LogP contribution in [0.5, 0.6) is 0 Å². The lowest BCUT2D eigenvalue weighted by Gasteiger charge is -2.25. The van der Waals surface area contributed by atoms with Crippen LogP contribution in [0.15, 0.2) is 24.3 Å². The van der Waals surface area contributed by atoms with Gasteiger partial charge in [-0.25, -0.2) is 4.79 Å².